The second kappa shape index (κ2) is 9.25. The van der Waals surface area contributed by atoms with Crippen molar-refractivity contribution in [2.75, 3.05) is 13.2 Å². The number of ketones is 1. The van der Waals surface area contributed by atoms with Crippen LogP contribution < -0.4 is 4.74 Å². The lowest BCUT2D eigenvalue weighted by Crippen LogP contribution is -2.39. The third-order valence-electron chi connectivity index (χ3n) is 5.68. The molecule has 0 spiro atoms. The standard InChI is InChI=1S/C25H24FNO4/c1-16-22(25(29)31-15-14-30-19-6-3-2-4-7-19)23(17-10-12-18(26)13-11-17)24-20(27-16)8-5-9-21(24)28/h2-4,6-7,10-13,23-24H,5,8-9,14-15H2,1H3. The first-order valence-corrected chi connectivity index (χ1v) is 10.5. The topological polar surface area (TPSA) is 65.0 Å². The number of carbonyl (C=O) groups is 2. The van der Waals surface area contributed by atoms with Gasteiger partial charge in [-0.3, -0.25) is 9.79 Å². The Morgan fingerprint density at radius 2 is 1.77 bits per heavy atom. The van der Waals surface area contributed by atoms with E-state index < -0.39 is 17.8 Å². The van der Waals surface area contributed by atoms with E-state index in [0.29, 0.717) is 29.0 Å². The van der Waals surface area contributed by atoms with Gasteiger partial charge < -0.3 is 9.47 Å². The molecule has 0 N–H and O–H groups in total. The number of aliphatic imine (C=N–C) groups is 1. The number of para-hydroxylation sites is 1. The zero-order valence-electron chi connectivity index (χ0n) is 17.3. The van der Waals surface area contributed by atoms with Crippen LogP contribution in [0.15, 0.2) is 70.9 Å². The van der Waals surface area contributed by atoms with Crippen LogP contribution in [-0.4, -0.2) is 30.7 Å². The number of benzene rings is 2. The Morgan fingerprint density at radius 3 is 2.52 bits per heavy atom. The van der Waals surface area contributed by atoms with Crippen molar-refractivity contribution in [2.45, 2.75) is 32.1 Å². The molecule has 2 aromatic carbocycles. The van der Waals surface area contributed by atoms with Crippen molar-refractivity contribution in [3.63, 3.8) is 0 Å². The number of carbonyl (C=O) groups excluding carboxylic acids is 2. The number of fused-ring (bicyclic) bond motifs is 1. The van der Waals surface area contributed by atoms with Crippen LogP contribution in [-0.2, 0) is 14.3 Å². The lowest BCUT2D eigenvalue weighted by atomic mass is 9.69. The van der Waals surface area contributed by atoms with Crippen molar-refractivity contribution >= 4 is 17.5 Å². The van der Waals surface area contributed by atoms with Gasteiger partial charge in [0.25, 0.3) is 0 Å². The highest BCUT2D eigenvalue weighted by molar-refractivity contribution is 6.11. The van der Waals surface area contributed by atoms with Gasteiger partial charge >= 0.3 is 5.97 Å². The van der Waals surface area contributed by atoms with Gasteiger partial charge in [-0.1, -0.05) is 30.3 Å². The minimum absolute atomic E-state index is 0.0598. The third-order valence-corrected chi connectivity index (χ3v) is 5.68. The molecular weight excluding hydrogens is 397 g/mol. The van der Waals surface area contributed by atoms with E-state index in [-0.39, 0.29) is 24.8 Å². The monoisotopic (exact) mass is 421 g/mol. The molecule has 1 heterocycles. The van der Waals surface area contributed by atoms with E-state index in [1.807, 2.05) is 30.3 Å². The van der Waals surface area contributed by atoms with Crippen molar-refractivity contribution in [1.82, 2.24) is 0 Å². The second-order valence-corrected chi connectivity index (χ2v) is 7.73. The quantitative estimate of drug-likeness (QED) is 0.504. The molecule has 0 bridgehead atoms. The molecule has 0 radical (unpaired) electrons. The highest BCUT2D eigenvalue weighted by Crippen LogP contribution is 2.43. The minimum Gasteiger partial charge on any atom is -0.490 e. The van der Waals surface area contributed by atoms with Gasteiger partial charge in [0.15, 0.2) is 0 Å². The van der Waals surface area contributed by atoms with Gasteiger partial charge in [0.05, 0.1) is 11.5 Å². The molecule has 2 unspecified atom stereocenters. The molecule has 0 aromatic heterocycles. The molecule has 2 atom stereocenters. The van der Waals surface area contributed by atoms with Crippen LogP contribution in [0.2, 0.25) is 0 Å². The highest BCUT2D eigenvalue weighted by Gasteiger charge is 2.43. The van der Waals surface area contributed by atoms with Gasteiger partial charge in [-0.05, 0) is 49.6 Å². The van der Waals surface area contributed by atoms with Gasteiger partial charge in [0.1, 0.15) is 30.6 Å². The number of Topliss-reactive ketones (excluding diaryl/α,β-unsaturated/α-hetero) is 1. The summed E-state index contributed by atoms with van der Waals surface area (Å²) in [4.78, 5) is 30.5. The van der Waals surface area contributed by atoms with Crippen molar-refractivity contribution in [2.24, 2.45) is 10.9 Å². The Labute approximate surface area is 180 Å². The number of nitrogens with zero attached hydrogens (tertiary/aromatic N) is 1. The second-order valence-electron chi connectivity index (χ2n) is 7.73. The summed E-state index contributed by atoms with van der Waals surface area (Å²) in [5.74, 6) is -1.17. The summed E-state index contributed by atoms with van der Waals surface area (Å²) in [5.41, 5.74) is 2.41. The number of halogens is 1. The summed E-state index contributed by atoms with van der Waals surface area (Å²) in [6.07, 6.45) is 1.93. The molecule has 6 heteroatoms. The Kier molecular flexibility index (Phi) is 6.26. The zero-order valence-corrected chi connectivity index (χ0v) is 17.3. The molecule has 1 fully saturated rings. The smallest absolute Gasteiger partial charge is 0.336 e. The van der Waals surface area contributed by atoms with Gasteiger partial charge in [-0.15, -0.1) is 0 Å². The zero-order chi connectivity index (χ0) is 21.8. The van der Waals surface area contributed by atoms with Crippen LogP contribution in [0.1, 0.15) is 37.7 Å². The number of hydrogen-bond acceptors (Lipinski definition) is 5. The first kappa shape index (κ1) is 21.0. The number of hydrogen-bond donors (Lipinski definition) is 0. The maximum Gasteiger partial charge on any atom is 0.336 e. The SMILES string of the molecule is CC1=C(C(=O)OCCOc2ccccc2)C(c2ccc(F)cc2)C2C(=O)CCCC2=N1. The summed E-state index contributed by atoms with van der Waals surface area (Å²) in [5, 5.41) is 0. The van der Waals surface area contributed by atoms with E-state index in [4.69, 9.17) is 9.47 Å². The number of rotatable bonds is 6. The van der Waals surface area contributed by atoms with E-state index >= 15 is 0 Å². The third kappa shape index (κ3) is 4.58. The first-order valence-electron chi connectivity index (χ1n) is 10.5. The predicted molar refractivity (Wildman–Crippen MR) is 115 cm³/mol. The summed E-state index contributed by atoms with van der Waals surface area (Å²) in [6, 6.07) is 15.2. The molecule has 1 aliphatic heterocycles. The maximum atomic E-state index is 13.5. The van der Waals surface area contributed by atoms with Gasteiger partial charge in [-0.2, -0.15) is 0 Å². The van der Waals surface area contributed by atoms with Crippen LogP contribution in [0.4, 0.5) is 4.39 Å². The summed E-state index contributed by atoms with van der Waals surface area (Å²) in [7, 11) is 0. The van der Waals surface area contributed by atoms with Crippen LogP contribution >= 0.6 is 0 Å². The van der Waals surface area contributed by atoms with E-state index in [0.717, 1.165) is 18.6 Å². The Hall–Kier alpha value is -3.28. The molecule has 31 heavy (non-hydrogen) atoms. The molecule has 5 nitrogen and oxygen atoms in total. The Bertz CT molecular complexity index is 1030. The fraction of sp³-hybridized carbons (Fsp3) is 0.320. The number of allylic oxidation sites excluding steroid dienone is 1. The van der Waals surface area contributed by atoms with Crippen molar-refractivity contribution in [3.8, 4) is 5.75 Å². The fourth-order valence-electron chi connectivity index (χ4n) is 4.30. The summed E-state index contributed by atoms with van der Waals surface area (Å²) >= 11 is 0. The van der Waals surface area contributed by atoms with Crippen molar-refractivity contribution in [3.05, 3.63) is 77.2 Å². The molecule has 160 valence electrons. The largest absolute Gasteiger partial charge is 0.490 e. The molecular formula is C25H24FNO4. The van der Waals surface area contributed by atoms with E-state index in [1.54, 1.807) is 19.1 Å². The van der Waals surface area contributed by atoms with Gasteiger partial charge in [0, 0.05) is 23.7 Å². The predicted octanol–water partition coefficient (Wildman–Crippen LogP) is 4.63. The Balaban J connectivity index is 1.56. The molecule has 1 saturated carbocycles. The van der Waals surface area contributed by atoms with Crippen LogP contribution in [0.3, 0.4) is 0 Å². The van der Waals surface area contributed by atoms with E-state index in [9.17, 15) is 14.0 Å². The van der Waals surface area contributed by atoms with E-state index in [2.05, 4.69) is 4.99 Å². The molecule has 4 rings (SSSR count). The minimum atomic E-state index is -0.525. The lowest BCUT2D eigenvalue weighted by Gasteiger charge is -2.35. The Morgan fingerprint density at radius 1 is 1.03 bits per heavy atom. The molecule has 0 amide bonds. The van der Waals surface area contributed by atoms with Crippen LogP contribution in [0.25, 0.3) is 0 Å². The average Bonchev–Trinajstić information content (AvgIpc) is 2.77. The lowest BCUT2D eigenvalue weighted by molar-refractivity contribution is -0.140. The van der Waals surface area contributed by atoms with Crippen LogP contribution in [0, 0.1) is 11.7 Å². The molecule has 0 saturated heterocycles. The molecule has 2 aromatic rings. The van der Waals surface area contributed by atoms with Crippen molar-refractivity contribution < 1.29 is 23.5 Å². The number of esters is 1. The highest BCUT2D eigenvalue weighted by atomic mass is 19.1. The van der Waals surface area contributed by atoms with Crippen molar-refractivity contribution in [1.29, 1.82) is 0 Å². The molecule has 2 aliphatic rings. The summed E-state index contributed by atoms with van der Waals surface area (Å²) < 4.78 is 24.6. The first-order chi connectivity index (χ1) is 15.0. The number of ether oxygens (including phenoxy) is 2. The van der Waals surface area contributed by atoms with E-state index in [1.165, 1.54) is 12.1 Å². The fourth-order valence-corrected chi connectivity index (χ4v) is 4.30. The average molecular weight is 421 g/mol. The normalized spacial score (nSPS) is 20.7. The molecule has 1 aliphatic carbocycles. The summed E-state index contributed by atoms with van der Waals surface area (Å²) in [6.45, 7) is 2.03. The van der Waals surface area contributed by atoms with Gasteiger partial charge in [-0.25, -0.2) is 9.18 Å². The van der Waals surface area contributed by atoms with Crippen LogP contribution in [0.5, 0.6) is 5.75 Å². The van der Waals surface area contributed by atoms with Gasteiger partial charge in [0.2, 0.25) is 0 Å². The maximum absolute atomic E-state index is 13.5.